The molecular weight excluding hydrogens is 1000 g/mol. The van der Waals surface area contributed by atoms with Crippen LogP contribution in [0.1, 0.15) is 174 Å². The van der Waals surface area contributed by atoms with Crippen molar-refractivity contribution in [2.24, 2.45) is 0 Å². The van der Waals surface area contributed by atoms with E-state index in [2.05, 4.69) is 210 Å². The molecule has 0 aliphatic rings. The van der Waals surface area contributed by atoms with Gasteiger partial charge < -0.3 is 19.0 Å². The zero-order valence-corrected chi connectivity index (χ0v) is 52.6. The van der Waals surface area contributed by atoms with Crippen LogP contribution >= 0.6 is 0 Å². The quantitative estimate of drug-likeness (QED) is 0.0466. The van der Waals surface area contributed by atoms with Crippen molar-refractivity contribution in [1.82, 2.24) is 0 Å². The van der Waals surface area contributed by atoms with Gasteiger partial charge in [0.1, 0.15) is 11.2 Å². The van der Waals surface area contributed by atoms with Crippen molar-refractivity contribution >= 4 is 20.3 Å². The van der Waals surface area contributed by atoms with E-state index < -0.39 is 13.9 Å². The van der Waals surface area contributed by atoms with Crippen molar-refractivity contribution in [2.75, 3.05) is 14.2 Å². The van der Waals surface area contributed by atoms with E-state index in [1.807, 2.05) is 38.1 Å². The van der Waals surface area contributed by atoms with E-state index in [1.165, 1.54) is 64.3 Å². The first-order valence-electron chi connectivity index (χ1n) is 29.3. The molecule has 0 heterocycles. The maximum atomic E-state index is 11.6. The lowest BCUT2D eigenvalue weighted by atomic mass is 9.69. The number of ether oxygens (including phenoxy) is 2. The van der Waals surface area contributed by atoms with Crippen LogP contribution in [-0.4, -0.2) is 50.8 Å². The smallest absolute Gasteiger partial charge is 0.309 e. The van der Waals surface area contributed by atoms with Gasteiger partial charge >= 0.3 is 11.9 Å². The van der Waals surface area contributed by atoms with E-state index in [9.17, 15) is 14.7 Å². The molecule has 0 saturated carbocycles. The normalized spacial score (nSPS) is 11.8. The Balaban J connectivity index is 0.000000295. The van der Waals surface area contributed by atoms with Crippen LogP contribution in [-0.2, 0) is 47.2 Å². The zero-order valence-electron chi connectivity index (χ0n) is 51.6. The number of carbonyl (C=O) groups is 2. The van der Waals surface area contributed by atoms with Crippen molar-refractivity contribution in [2.45, 2.75) is 189 Å². The first kappa shape index (κ1) is 64.3. The minimum absolute atomic E-state index is 0.0814. The maximum absolute atomic E-state index is 11.6. The van der Waals surface area contributed by atoms with Crippen molar-refractivity contribution in [3.05, 3.63) is 188 Å². The number of hydrogen-bond acceptors (Lipinski definition) is 6. The lowest BCUT2D eigenvalue weighted by Gasteiger charge is -2.34. The number of aliphatic hydroxyl groups is 1. The molecule has 6 rings (SSSR count). The van der Waals surface area contributed by atoms with Crippen molar-refractivity contribution in [3.8, 4) is 45.9 Å². The zero-order chi connectivity index (χ0) is 59.1. The first-order chi connectivity index (χ1) is 38.0. The van der Waals surface area contributed by atoms with Crippen LogP contribution in [0.15, 0.2) is 121 Å². The molecule has 1 N–H and O–H groups in total. The fraction of sp³-hybridized carbons (Fsp3) is 0.425. The largest absolute Gasteiger partial charge is 0.469 e. The summed E-state index contributed by atoms with van der Waals surface area (Å²) in [5, 5.41) is 10.6. The molecule has 6 nitrogen and oxygen atoms in total. The van der Waals surface area contributed by atoms with Gasteiger partial charge in [0.15, 0.2) is 8.32 Å². The van der Waals surface area contributed by atoms with Gasteiger partial charge in [0.05, 0.1) is 27.1 Å². The number of methoxy groups -OCH3 is 2. The summed E-state index contributed by atoms with van der Waals surface area (Å²) in [5.74, 6) is 12.9. The molecule has 80 heavy (non-hydrogen) atoms. The summed E-state index contributed by atoms with van der Waals surface area (Å²) >= 11 is 0. The molecule has 424 valence electrons. The SMILES string of the molecule is CCC(C#Cc1ccc(C(CC)(CC)c2ccc(-c3ccc(CC(=O)OC)cc3)c(C)c2)cc1C)(CC)O[Si](C)(C)C.CCC(O)(C#Cc1ccc(C(CC)(CC)c2ccc(-c3ccc(CC(=O)OC)cc3)c(C)c2)cc1C)CC. The van der Waals surface area contributed by atoms with E-state index in [0.717, 1.165) is 77.5 Å². The molecule has 0 fully saturated rings. The second kappa shape index (κ2) is 28.3. The second-order valence-electron chi connectivity index (χ2n) is 22.8. The molecular formula is C73H92O6Si. The summed E-state index contributed by atoms with van der Waals surface area (Å²) in [6, 6.07) is 43.5. The fourth-order valence-electron chi connectivity index (χ4n) is 11.3. The highest BCUT2D eigenvalue weighted by Crippen LogP contribution is 2.43. The average Bonchev–Trinajstić information content (AvgIpc) is 3.46. The Kier molecular flexibility index (Phi) is 22.7. The Morgan fingerprint density at radius 2 is 0.787 bits per heavy atom. The second-order valence-corrected chi connectivity index (χ2v) is 27.2. The minimum atomic E-state index is -1.73. The van der Waals surface area contributed by atoms with Crippen LogP contribution in [0.4, 0.5) is 0 Å². The standard InChI is InChI=1S/C38H50O3Si.C35H42O3/c1-11-37(12-2,41-42(8,9)10)24-23-31-19-20-33(25-28(31)5)38(13-3,14-4)34-21-22-35(29(6)26-34)32-17-15-30(16-18-32)27-36(39)40-7;1-8-34(37,9-2)21-20-28-16-17-30(22-25(28)5)35(10-3,11-4)31-18-19-32(26(6)23-31)29-14-12-27(13-15-29)24-33(36)38-7/h15-22,25-26H,11-14,27H2,1-10H3;12-19,22-23,37H,8-11,24H2,1-7H3. The maximum Gasteiger partial charge on any atom is 0.309 e. The van der Waals surface area contributed by atoms with E-state index in [4.69, 9.17) is 13.9 Å². The van der Waals surface area contributed by atoms with Gasteiger partial charge in [-0.05, 0) is 189 Å². The molecule has 0 unspecified atom stereocenters. The molecule has 0 bridgehead atoms. The monoisotopic (exact) mass is 1090 g/mol. The summed E-state index contributed by atoms with van der Waals surface area (Å²) < 4.78 is 16.2. The third-order valence-electron chi connectivity index (χ3n) is 16.9. The predicted molar refractivity (Wildman–Crippen MR) is 337 cm³/mol. The number of aryl methyl sites for hydroxylation is 4. The Morgan fingerprint density at radius 1 is 0.450 bits per heavy atom. The third kappa shape index (κ3) is 15.5. The van der Waals surface area contributed by atoms with Crippen LogP contribution in [0, 0.1) is 51.4 Å². The number of hydrogen-bond donors (Lipinski definition) is 1. The molecule has 0 atom stereocenters. The molecule has 0 aliphatic heterocycles. The summed E-state index contributed by atoms with van der Waals surface area (Å²) in [6.45, 7) is 32.8. The minimum Gasteiger partial charge on any atom is -0.469 e. The van der Waals surface area contributed by atoms with E-state index in [1.54, 1.807) is 0 Å². The average molecular weight is 1090 g/mol. The number of esters is 2. The van der Waals surface area contributed by atoms with Crippen LogP contribution in [0.25, 0.3) is 22.3 Å². The molecule has 0 aliphatic carbocycles. The molecule has 6 aromatic carbocycles. The molecule has 6 aromatic rings. The van der Waals surface area contributed by atoms with Gasteiger partial charge in [-0.25, -0.2) is 0 Å². The predicted octanol–water partition coefficient (Wildman–Crippen LogP) is 17.2. The number of carbonyl (C=O) groups excluding carboxylic acids is 2. The van der Waals surface area contributed by atoms with Gasteiger partial charge in [0.2, 0.25) is 0 Å². The lowest BCUT2D eigenvalue weighted by molar-refractivity contribution is -0.140. The van der Waals surface area contributed by atoms with Crippen LogP contribution in [0.5, 0.6) is 0 Å². The molecule has 0 saturated heterocycles. The Morgan fingerprint density at radius 3 is 1.07 bits per heavy atom. The van der Waals surface area contributed by atoms with Crippen LogP contribution in [0.3, 0.4) is 0 Å². The summed E-state index contributed by atoms with van der Waals surface area (Å²) in [7, 11) is 1.11. The highest BCUT2D eigenvalue weighted by atomic mass is 28.4. The highest BCUT2D eigenvalue weighted by molar-refractivity contribution is 6.69. The molecule has 0 amide bonds. The Hall–Kier alpha value is -6.48. The van der Waals surface area contributed by atoms with Gasteiger partial charge in [-0.15, -0.1) is 0 Å². The Labute approximate surface area is 483 Å². The topological polar surface area (TPSA) is 82.1 Å². The summed E-state index contributed by atoms with van der Waals surface area (Å²) in [4.78, 5) is 23.2. The number of benzene rings is 6. The molecule has 0 radical (unpaired) electrons. The van der Waals surface area contributed by atoms with Gasteiger partial charge in [-0.2, -0.15) is 0 Å². The van der Waals surface area contributed by atoms with Gasteiger partial charge in [-0.3, -0.25) is 9.59 Å². The molecule has 0 spiro atoms. The van der Waals surface area contributed by atoms with Gasteiger partial charge in [0.25, 0.3) is 0 Å². The Bertz CT molecular complexity index is 3170. The highest BCUT2D eigenvalue weighted by Gasteiger charge is 2.34. The third-order valence-corrected chi connectivity index (χ3v) is 17.9. The first-order valence-corrected chi connectivity index (χ1v) is 32.7. The summed E-state index contributed by atoms with van der Waals surface area (Å²) in [6.07, 6.45) is 7.58. The summed E-state index contributed by atoms with van der Waals surface area (Å²) in [5.41, 5.74) is 17.3. The van der Waals surface area contributed by atoms with Crippen LogP contribution < -0.4 is 0 Å². The fourth-order valence-corrected chi connectivity index (χ4v) is 12.8. The lowest BCUT2D eigenvalue weighted by Crippen LogP contribution is -2.41. The van der Waals surface area contributed by atoms with E-state index in [-0.39, 0.29) is 34.8 Å². The van der Waals surface area contributed by atoms with E-state index in [0.29, 0.717) is 19.3 Å². The van der Waals surface area contributed by atoms with Gasteiger partial charge in [0, 0.05) is 22.0 Å². The van der Waals surface area contributed by atoms with Gasteiger partial charge in [-0.1, -0.05) is 188 Å². The van der Waals surface area contributed by atoms with Crippen molar-refractivity contribution in [3.63, 3.8) is 0 Å². The molecule has 7 heteroatoms. The van der Waals surface area contributed by atoms with E-state index >= 15 is 0 Å². The van der Waals surface area contributed by atoms with Crippen molar-refractivity contribution < 1.29 is 28.6 Å². The number of rotatable bonds is 20. The molecule has 0 aromatic heterocycles. The van der Waals surface area contributed by atoms with Crippen LogP contribution in [0.2, 0.25) is 19.6 Å². The van der Waals surface area contributed by atoms with Crippen molar-refractivity contribution in [1.29, 1.82) is 0 Å².